The highest BCUT2D eigenvalue weighted by atomic mass is 16.5. The van der Waals surface area contributed by atoms with Crippen LogP contribution in [0.15, 0.2) is 0 Å². The van der Waals surface area contributed by atoms with Crippen molar-refractivity contribution in [2.24, 2.45) is 0 Å². The van der Waals surface area contributed by atoms with Crippen LogP contribution in [0.5, 0.6) is 0 Å². The van der Waals surface area contributed by atoms with Crippen molar-refractivity contribution >= 4 is 5.97 Å². The van der Waals surface area contributed by atoms with Gasteiger partial charge >= 0.3 is 5.97 Å². The average molecular weight is 215 g/mol. The summed E-state index contributed by atoms with van der Waals surface area (Å²) in [4.78, 5) is 10.9. The maximum absolute atomic E-state index is 10.9. The summed E-state index contributed by atoms with van der Waals surface area (Å²) >= 11 is 0. The van der Waals surface area contributed by atoms with Crippen molar-refractivity contribution in [3.63, 3.8) is 0 Å². The number of carboxylic acids is 1. The van der Waals surface area contributed by atoms with Gasteiger partial charge in [-0.1, -0.05) is 6.92 Å². The maximum Gasteiger partial charge on any atom is 0.305 e. The largest absolute Gasteiger partial charge is 0.481 e. The van der Waals surface area contributed by atoms with Crippen molar-refractivity contribution in [1.82, 2.24) is 5.32 Å². The molecule has 2 N–H and O–H groups in total. The minimum absolute atomic E-state index is 0.205. The first-order chi connectivity index (χ1) is 7.18. The zero-order valence-electron chi connectivity index (χ0n) is 9.42. The molecule has 0 saturated carbocycles. The number of ether oxygens (including phenoxy) is 1. The number of hydrogen-bond donors (Lipinski definition) is 2. The van der Waals surface area contributed by atoms with Gasteiger partial charge in [0, 0.05) is 18.8 Å². The number of carboxylic acid groups (broad SMARTS) is 1. The molecule has 1 atom stereocenters. The summed E-state index contributed by atoms with van der Waals surface area (Å²) in [5.41, 5.74) is -0.238. The number of hydrogen-bond acceptors (Lipinski definition) is 3. The van der Waals surface area contributed by atoms with Gasteiger partial charge in [-0.25, -0.2) is 0 Å². The fourth-order valence-corrected chi connectivity index (χ4v) is 2.10. The van der Waals surface area contributed by atoms with Crippen molar-refractivity contribution in [1.29, 1.82) is 0 Å². The fourth-order valence-electron chi connectivity index (χ4n) is 2.10. The highest BCUT2D eigenvalue weighted by molar-refractivity contribution is 5.68. The molecule has 4 nitrogen and oxygen atoms in total. The molecule has 0 amide bonds. The predicted octanol–water partition coefficient (Wildman–Crippen LogP) is 1.40. The molecule has 1 fully saturated rings. The number of rotatable bonds is 5. The van der Waals surface area contributed by atoms with E-state index in [0.29, 0.717) is 6.61 Å². The van der Waals surface area contributed by atoms with Crippen LogP contribution in [-0.4, -0.2) is 36.4 Å². The molecule has 0 radical (unpaired) electrons. The SMILES string of the molecule is CCCNC1(CC(=O)O)CCCOCC1. The van der Waals surface area contributed by atoms with Gasteiger partial charge in [0.25, 0.3) is 0 Å². The molecule has 88 valence electrons. The molecule has 1 heterocycles. The Kier molecular flexibility index (Phi) is 5.05. The summed E-state index contributed by atoms with van der Waals surface area (Å²) in [6.07, 6.45) is 3.89. The van der Waals surface area contributed by atoms with Crippen LogP contribution in [0.1, 0.15) is 39.0 Å². The van der Waals surface area contributed by atoms with E-state index in [1.54, 1.807) is 0 Å². The van der Waals surface area contributed by atoms with Crippen molar-refractivity contribution in [2.75, 3.05) is 19.8 Å². The summed E-state index contributed by atoms with van der Waals surface area (Å²) in [5.74, 6) is -0.722. The number of nitrogens with one attached hydrogen (secondary N) is 1. The van der Waals surface area contributed by atoms with Crippen LogP contribution in [0.3, 0.4) is 0 Å². The summed E-state index contributed by atoms with van der Waals surface area (Å²) in [6, 6.07) is 0. The summed E-state index contributed by atoms with van der Waals surface area (Å²) in [5, 5.41) is 12.3. The summed E-state index contributed by atoms with van der Waals surface area (Å²) < 4.78 is 5.38. The van der Waals surface area contributed by atoms with Gasteiger partial charge in [0.2, 0.25) is 0 Å². The molecule has 1 unspecified atom stereocenters. The van der Waals surface area contributed by atoms with Crippen LogP contribution in [0, 0.1) is 0 Å². The van der Waals surface area contributed by atoms with Crippen molar-refractivity contribution in [3.05, 3.63) is 0 Å². The third-order valence-corrected chi connectivity index (χ3v) is 2.91. The quantitative estimate of drug-likeness (QED) is 0.728. The first-order valence-electron chi connectivity index (χ1n) is 5.73. The molecular formula is C11H21NO3. The molecule has 0 aromatic carbocycles. The molecule has 0 bridgehead atoms. The molecule has 0 spiro atoms. The second kappa shape index (κ2) is 6.08. The molecular weight excluding hydrogens is 194 g/mol. The monoisotopic (exact) mass is 215 g/mol. The Balaban J connectivity index is 2.59. The highest BCUT2D eigenvalue weighted by Crippen LogP contribution is 2.25. The lowest BCUT2D eigenvalue weighted by Gasteiger charge is -2.32. The molecule has 1 aliphatic heterocycles. The van der Waals surface area contributed by atoms with Crippen LogP contribution < -0.4 is 5.32 Å². The molecule has 0 aromatic rings. The zero-order chi connectivity index (χ0) is 11.1. The van der Waals surface area contributed by atoms with Gasteiger partial charge in [0.05, 0.1) is 6.42 Å². The lowest BCUT2D eigenvalue weighted by Crippen LogP contribution is -2.47. The summed E-state index contributed by atoms with van der Waals surface area (Å²) in [7, 11) is 0. The Hall–Kier alpha value is -0.610. The van der Waals surface area contributed by atoms with Crippen LogP contribution in [0.25, 0.3) is 0 Å². The third-order valence-electron chi connectivity index (χ3n) is 2.91. The van der Waals surface area contributed by atoms with Crippen molar-refractivity contribution < 1.29 is 14.6 Å². The van der Waals surface area contributed by atoms with E-state index in [2.05, 4.69) is 12.2 Å². The van der Waals surface area contributed by atoms with E-state index in [9.17, 15) is 4.79 Å². The number of aliphatic carboxylic acids is 1. The normalized spacial score (nSPS) is 27.3. The molecule has 0 aliphatic carbocycles. The van der Waals surface area contributed by atoms with Crippen LogP contribution in [0.2, 0.25) is 0 Å². The van der Waals surface area contributed by atoms with Gasteiger partial charge in [-0.3, -0.25) is 4.79 Å². The van der Waals surface area contributed by atoms with Gasteiger partial charge in [0.15, 0.2) is 0 Å². The van der Waals surface area contributed by atoms with Crippen LogP contribution in [0.4, 0.5) is 0 Å². The molecule has 0 aromatic heterocycles. The highest BCUT2D eigenvalue weighted by Gasteiger charge is 2.32. The third kappa shape index (κ3) is 4.18. The predicted molar refractivity (Wildman–Crippen MR) is 57.9 cm³/mol. The van der Waals surface area contributed by atoms with Gasteiger partial charge in [0.1, 0.15) is 0 Å². The molecule has 15 heavy (non-hydrogen) atoms. The topological polar surface area (TPSA) is 58.6 Å². The average Bonchev–Trinajstić information content (AvgIpc) is 2.40. The first kappa shape index (κ1) is 12.5. The standard InChI is InChI=1S/C11H21NO3/c1-2-6-12-11(9-10(13)14)4-3-7-15-8-5-11/h12H,2-9H2,1H3,(H,13,14). The smallest absolute Gasteiger partial charge is 0.305 e. The van der Waals surface area contributed by atoms with Gasteiger partial charge in [-0.05, 0) is 32.2 Å². The van der Waals surface area contributed by atoms with Gasteiger partial charge < -0.3 is 15.2 Å². The minimum Gasteiger partial charge on any atom is -0.481 e. The Labute approximate surface area is 91.0 Å². The molecule has 4 heteroatoms. The first-order valence-corrected chi connectivity index (χ1v) is 5.73. The Bertz CT molecular complexity index is 198. The Morgan fingerprint density at radius 1 is 1.47 bits per heavy atom. The van der Waals surface area contributed by atoms with E-state index < -0.39 is 5.97 Å². The van der Waals surface area contributed by atoms with Crippen molar-refractivity contribution in [2.45, 2.75) is 44.6 Å². The van der Waals surface area contributed by atoms with E-state index in [4.69, 9.17) is 9.84 Å². The van der Waals surface area contributed by atoms with E-state index >= 15 is 0 Å². The van der Waals surface area contributed by atoms with E-state index in [-0.39, 0.29) is 12.0 Å². The lowest BCUT2D eigenvalue weighted by molar-refractivity contribution is -0.138. The second-order valence-electron chi connectivity index (χ2n) is 4.24. The van der Waals surface area contributed by atoms with Gasteiger partial charge in [-0.2, -0.15) is 0 Å². The minimum atomic E-state index is -0.722. The molecule has 1 saturated heterocycles. The van der Waals surface area contributed by atoms with Crippen LogP contribution in [-0.2, 0) is 9.53 Å². The Morgan fingerprint density at radius 3 is 2.93 bits per heavy atom. The molecule has 1 aliphatic rings. The van der Waals surface area contributed by atoms with E-state index in [0.717, 1.165) is 38.8 Å². The molecule has 1 rings (SSSR count). The Morgan fingerprint density at radius 2 is 2.27 bits per heavy atom. The van der Waals surface area contributed by atoms with E-state index in [1.807, 2.05) is 0 Å². The lowest BCUT2D eigenvalue weighted by atomic mass is 9.87. The zero-order valence-corrected chi connectivity index (χ0v) is 9.42. The second-order valence-corrected chi connectivity index (χ2v) is 4.24. The number of carbonyl (C=O) groups is 1. The van der Waals surface area contributed by atoms with Crippen LogP contribution >= 0.6 is 0 Å². The van der Waals surface area contributed by atoms with Gasteiger partial charge in [-0.15, -0.1) is 0 Å². The van der Waals surface area contributed by atoms with E-state index in [1.165, 1.54) is 0 Å². The maximum atomic E-state index is 10.9. The summed E-state index contributed by atoms with van der Waals surface area (Å²) in [6.45, 7) is 4.40. The van der Waals surface area contributed by atoms with Crippen molar-refractivity contribution in [3.8, 4) is 0 Å². The fraction of sp³-hybridized carbons (Fsp3) is 0.909.